The molecular formula is C20H27NO. The Bertz CT molecular complexity index is 504. The Hall–Kier alpha value is -1.75. The van der Waals surface area contributed by atoms with Crippen LogP contribution in [0.2, 0.25) is 0 Å². The van der Waals surface area contributed by atoms with Gasteiger partial charge in [0.1, 0.15) is 0 Å². The monoisotopic (exact) mass is 297 g/mol. The van der Waals surface area contributed by atoms with Crippen LogP contribution >= 0.6 is 0 Å². The molecule has 1 aliphatic rings. The average molecular weight is 297 g/mol. The van der Waals surface area contributed by atoms with E-state index < -0.39 is 0 Å². The molecule has 0 radical (unpaired) electrons. The smallest absolute Gasteiger partial charge is 0.0991 e. The van der Waals surface area contributed by atoms with E-state index >= 15 is 0 Å². The van der Waals surface area contributed by atoms with Gasteiger partial charge < -0.3 is 4.74 Å². The summed E-state index contributed by atoms with van der Waals surface area (Å²) in [5, 5.41) is 8.87. The highest BCUT2D eigenvalue weighted by molar-refractivity contribution is 5.33. The molecule has 2 heteroatoms. The van der Waals surface area contributed by atoms with Crippen LogP contribution in [0.4, 0.5) is 0 Å². The Morgan fingerprint density at radius 3 is 2.50 bits per heavy atom. The largest absolute Gasteiger partial charge is 0.498 e. The minimum atomic E-state index is 0.315. The van der Waals surface area contributed by atoms with E-state index in [0.29, 0.717) is 17.9 Å². The normalized spacial score (nSPS) is 23.1. The molecule has 0 aliphatic heterocycles. The lowest BCUT2D eigenvalue weighted by atomic mass is 9.77. The highest BCUT2D eigenvalue weighted by Crippen LogP contribution is 2.37. The van der Waals surface area contributed by atoms with Gasteiger partial charge in [0.15, 0.2) is 0 Å². The zero-order chi connectivity index (χ0) is 15.8. The van der Waals surface area contributed by atoms with Crippen LogP contribution in [0.25, 0.3) is 0 Å². The summed E-state index contributed by atoms with van der Waals surface area (Å²) in [6, 6.07) is 10.3. The van der Waals surface area contributed by atoms with Crippen LogP contribution in [-0.2, 0) is 4.74 Å². The van der Waals surface area contributed by atoms with Gasteiger partial charge in [0.05, 0.1) is 24.0 Å². The molecule has 0 N–H and O–H groups in total. The molecule has 0 saturated heterocycles. The highest BCUT2D eigenvalue weighted by Gasteiger charge is 2.26. The molecule has 22 heavy (non-hydrogen) atoms. The van der Waals surface area contributed by atoms with E-state index in [-0.39, 0.29) is 0 Å². The number of hydrogen-bond donors (Lipinski definition) is 0. The van der Waals surface area contributed by atoms with Crippen molar-refractivity contribution in [3.8, 4) is 6.07 Å². The number of rotatable bonds is 6. The number of nitriles is 1. The summed E-state index contributed by atoms with van der Waals surface area (Å²) in [4.78, 5) is 0. The molecule has 1 saturated carbocycles. The van der Waals surface area contributed by atoms with E-state index in [1.807, 2.05) is 18.4 Å². The molecule has 1 unspecified atom stereocenters. The van der Waals surface area contributed by atoms with Crippen molar-refractivity contribution in [2.45, 2.75) is 64.4 Å². The van der Waals surface area contributed by atoms with Crippen LogP contribution in [-0.4, -0.2) is 6.10 Å². The standard InChI is InChI=1S/C20H27NO/c1-3-4-5-14-22-16(2)18-10-12-20(13-11-18)19-8-6-17(15-21)7-9-19/h5-9,14,16,18,20H,3-4,10-13H2,1-2H3/b14-5+. The van der Waals surface area contributed by atoms with Crippen molar-refractivity contribution in [1.29, 1.82) is 5.26 Å². The summed E-state index contributed by atoms with van der Waals surface area (Å²) in [5.74, 6) is 1.31. The first-order chi connectivity index (χ1) is 10.7. The lowest BCUT2D eigenvalue weighted by Gasteiger charge is -2.32. The quantitative estimate of drug-likeness (QED) is 0.645. The van der Waals surface area contributed by atoms with Crippen LogP contribution in [0.1, 0.15) is 69.4 Å². The van der Waals surface area contributed by atoms with Crippen LogP contribution in [0.15, 0.2) is 36.6 Å². The van der Waals surface area contributed by atoms with Gasteiger partial charge in [-0.05, 0) is 74.6 Å². The molecule has 0 bridgehead atoms. The van der Waals surface area contributed by atoms with Crippen molar-refractivity contribution in [3.63, 3.8) is 0 Å². The second-order valence-corrected chi connectivity index (χ2v) is 6.35. The van der Waals surface area contributed by atoms with Gasteiger partial charge >= 0.3 is 0 Å². The maximum atomic E-state index is 8.87. The van der Waals surface area contributed by atoms with E-state index in [1.54, 1.807) is 0 Å². The van der Waals surface area contributed by atoms with Crippen molar-refractivity contribution < 1.29 is 4.74 Å². The zero-order valence-electron chi connectivity index (χ0n) is 13.8. The van der Waals surface area contributed by atoms with Crippen LogP contribution in [0.5, 0.6) is 0 Å². The Morgan fingerprint density at radius 1 is 1.23 bits per heavy atom. The lowest BCUT2D eigenvalue weighted by molar-refractivity contribution is 0.0775. The Labute approximate surface area is 134 Å². The first-order valence-corrected chi connectivity index (χ1v) is 8.55. The average Bonchev–Trinajstić information content (AvgIpc) is 2.59. The van der Waals surface area contributed by atoms with E-state index in [1.165, 1.54) is 37.7 Å². The van der Waals surface area contributed by atoms with E-state index in [0.717, 1.165) is 12.0 Å². The fraction of sp³-hybridized carbons (Fsp3) is 0.550. The van der Waals surface area contributed by atoms with Crippen molar-refractivity contribution in [2.75, 3.05) is 0 Å². The molecule has 1 fully saturated rings. The summed E-state index contributed by atoms with van der Waals surface area (Å²) in [7, 11) is 0. The molecule has 118 valence electrons. The van der Waals surface area contributed by atoms with Crippen LogP contribution < -0.4 is 0 Å². The zero-order valence-corrected chi connectivity index (χ0v) is 13.8. The number of benzene rings is 1. The van der Waals surface area contributed by atoms with E-state index in [4.69, 9.17) is 10.00 Å². The van der Waals surface area contributed by atoms with Gasteiger partial charge in [-0.15, -0.1) is 0 Å². The second kappa shape index (κ2) is 8.63. The second-order valence-electron chi connectivity index (χ2n) is 6.35. The summed E-state index contributed by atoms with van der Waals surface area (Å²) in [6.45, 7) is 4.38. The fourth-order valence-electron chi connectivity index (χ4n) is 3.28. The van der Waals surface area contributed by atoms with Crippen LogP contribution in [0.3, 0.4) is 0 Å². The summed E-state index contributed by atoms with van der Waals surface area (Å²) < 4.78 is 5.84. The minimum absolute atomic E-state index is 0.315. The molecule has 1 aromatic carbocycles. The van der Waals surface area contributed by atoms with Gasteiger partial charge in [-0.2, -0.15) is 5.26 Å². The van der Waals surface area contributed by atoms with Gasteiger partial charge in [0, 0.05) is 0 Å². The highest BCUT2D eigenvalue weighted by atomic mass is 16.5. The van der Waals surface area contributed by atoms with E-state index in [2.05, 4.69) is 38.1 Å². The number of nitrogens with zero attached hydrogens (tertiary/aromatic N) is 1. The predicted octanol–water partition coefficient (Wildman–Crippen LogP) is 5.55. The molecule has 0 heterocycles. The molecule has 0 amide bonds. The summed E-state index contributed by atoms with van der Waals surface area (Å²) in [6.07, 6.45) is 11.5. The van der Waals surface area contributed by atoms with Crippen molar-refractivity contribution in [1.82, 2.24) is 0 Å². The SMILES string of the molecule is CCC/C=C/OC(C)C1CCC(c2ccc(C#N)cc2)CC1. The molecule has 1 aromatic rings. The Balaban J connectivity index is 1.80. The number of ether oxygens (including phenoxy) is 1. The lowest BCUT2D eigenvalue weighted by Crippen LogP contribution is -2.24. The number of unbranched alkanes of at least 4 members (excludes halogenated alkanes) is 1. The van der Waals surface area contributed by atoms with E-state index in [9.17, 15) is 0 Å². The van der Waals surface area contributed by atoms with Crippen molar-refractivity contribution in [3.05, 3.63) is 47.7 Å². The summed E-state index contributed by atoms with van der Waals surface area (Å²) in [5.41, 5.74) is 2.13. The van der Waals surface area contributed by atoms with Crippen molar-refractivity contribution in [2.24, 2.45) is 5.92 Å². The topological polar surface area (TPSA) is 33.0 Å². The number of allylic oxidation sites excluding steroid dienone is 1. The maximum absolute atomic E-state index is 8.87. The minimum Gasteiger partial charge on any atom is -0.498 e. The van der Waals surface area contributed by atoms with Gasteiger partial charge in [-0.3, -0.25) is 0 Å². The molecule has 0 aromatic heterocycles. The van der Waals surface area contributed by atoms with Gasteiger partial charge in [-0.1, -0.05) is 25.5 Å². The fourth-order valence-corrected chi connectivity index (χ4v) is 3.28. The Morgan fingerprint density at radius 2 is 1.91 bits per heavy atom. The third-order valence-corrected chi connectivity index (χ3v) is 4.79. The maximum Gasteiger partial charge on any atom is 0.0991 e. The third kappa shape index (κ3) is 4.63. The molecular weight excluding hydrogens is 270 g/mol. The predicted molar refractivity (Wildman–Crippen MR) is 90.5 cm³/mol. The van der Waals surface area contributed by atoms with Crippen molar-refractivity contribution >= 4 is 0 Å². The first-order valence-electron chi connectivity index (χ1n) is 8.55. The Kier molecular flexibility index (Phi) is 6.52. The van der Waals surface area contributed by atoms with Crippen LogP contribution in [0, 0.1) is 17.2 Å². The van der Waals surface area contributed by atoms with Gasteiger partial charge in [-0.25, -0.2) is 0 Å². The summed E-state index contributed by atoms with van der Waals surface area (Å²) >= 11 is 0. The van der Waals surface area contributed by atoms with Gasteiger partial charge in [0.25, 0.3) is 0 Å². The van der Waals surface area contributed by atoms with Gasteiger partial charge in [0.2, 0.25) is 0 Å². The molecule has 1 atom stereocenters. The molecule has 2 rings (SSSR count). The number of hydrogen-bond acceptors (Lipinski definition) is 2. The first kappa shape index (κ1) is 16.6. The molecule has 1 aliphatic carbocycles. The molecule has 2 nitrogen and oxygen atoms in total. The molecule has 0 spiro atoms. The third-order valence-electron chi connectivity index (χ3n) is 4.79.